The summed E-state index contributed by atoms with van der Waals surface area (Å²) in [5.74, 6) is -0.681. The van der Waals surface area contributed by atoms with Gasteiger partial charge in [-0.3, -0.25) is 9.59 Å². The fraction of sp³-hybridized carbons (Fsp3) is 0.312. The Morgan fingerprint density at radius 3 is 2.74 bits per heavy atom. The highest BCUT2D eigenvalue weighted by molar-refractivity contribution is 5.96. The third-order valence-corrected chi connectivity index (χ3v) is 4.08. The molecular weight excluding hydrogens is 299 g/mol. The number of nitrogens with one attached hydrogen (secondary N) is 2. The Labute approximate surface area is 131 Å². The van der Waals surface area contributed by atoms with Crippen molar-refractivity contribution in [3.05, 3.63) is 53.4 Å². The molecule has 0 spiro atoms. The first-order valence-electron chi connectivity index (χ1n) is 7.54. The minimum absolute atomic E-state index is 0.226. The standard InChI is InChI=1S/C16H15FN4O2/c17-10-3-1-9(2-4-10)12-7-21-8-13(15(22)18-11-5-6-11)19-14(21)16(23)20-12/h1-4,8,11-12H,5-7H2,(H,18,22)(H,20,23). The second-order valence-electron chi connectivity index (χ2n) is 5.93. The van der Waals surface area contributed by atoms with Crippen molar-refractivity contribution in [2.75, 3.05) is 0 Å². The van der Waals surface area contributed by atoms with Gasteiger partial charge in [0.05, 0.1) is 6.04 Å². The molecule has 0 bridgehead atoms. The van der Waals surface area contributed by atoms with E-state index in [1.807, 2.05) is 0 Å². The van der Waals surface area contributed by atoms with Gasteiger partial charge in [0.15, 0.2) is 5.82 Å². The van der Waals surface area contributed by atoms with E-state index in [0.29, 0.717) is 6.54 Å². The van der Waals surface area contributed by atoms with Crippen LogP contribution in [0.15, 0.2) is 30.5 Å². The molecule has 2 aliphatic rings. The molecule has 2 heterocycles. The molecule has 7 heteroatoms. The van der Waals surface area contributed by atoms with Crippen molar-refractivity contribution in [1.29, 1.82) is 0 Å². The van der Waals surface area contributed by atoms with Crippen LogP contribution in [0.1, 0.15) is 45.6 Å². The number of carbonyl (C=O) groups excluding carboxylic acids is 2. The van der Waals surface area contributed by atoms with Crippen LogP contribution in [0.5, 0.6) is 0 Å². The van der Waals surface area contributed by atoms with Crippen molar-refractivity contribution < 1.29 is 14.0 Å². The first-order valence-corrected chi connectivity index (χ1v) is 7.54. The van der Waals surface area contributed by atoms with E-state index in [-0.39, 0.29) is 41.2 Å². The van der Waals surface area contributed by atoms with E-state index in [4.69, 9.17) is 0 Å². The normalized spacial score (nSPS) is 19.9. The fourth-order valence-corrected chi connectivity index (χ4v) is 2.68. The summed E-state index contributed by atoms with van der Waals surface area (Å²) in [7, 11) is 0. The summed E-state index contributed by atoms with van der Waals surface area (Å²) in [6.45, 7) is 0.455. The molecule has 1 aromatic carbocycles. The second kappa shape index (κ2) is 5.19. The van der Waals surface area contributed by atoms with Gasteiger partial charge in [-0.05, 0) is 30.5 Å². The number of amides is 2. The number of aromatic nitrogens is 2. The molecule has 118 valence electrons. The maximum absolute atomic E-state index is 13.0. The Hall–Kier alpha value is -2.70. The Kier molecular flexibility index (Phi) is 3.14. The molecule has 1 aliphatic heterocycles. The molecule has 2 amide bonds. The zero-order valence-electron chi connectivity index (χ0n) is 12.3. The summed E-state index contributed by atoms with van der Waals surface area (Å²) in [4.78, 5) is 28.4. The molecule has 0 saturated heterocycles. The minimum Gasteiger partial charge on any atom is -0.348 e. The Balaban J connectivity index is 1.58. The van der Waals surface area contributed by atoms with Gasteiger partial charge in [0.2, 0.25) is 0 Å². The summed E-state index contributed by atoms with van der Waals surface area (Å²) in [6.07, 6.45) is 3.58. The number of benzene rings is 1. The smallest absolute Gasteiger partial charge is 0.287 e. The Morgan fingerprint density at radius 2 is 2.04 bits per heavy atom. The van der Waals surface area contributed by atoms with Gasteiger partial charge >= 0.3 is 0 Å². The lowest BCUT2D eigenvalue weighted by Crippen LogP contribution is -2.38. The molecule has 1 fully saturated rings. The average molecular weight is 314 g/mol. The van der Waals surface area contributed by atoms with E-state index in [2.05, 4.69) is 15.6 Å². The van der Waals surface area contributed by atoms with Gasteiger partial charge in [-0.2, -0.15) is 0 Å². The van der Waals surface area contributed by atoms with E-state index >= 15 is 0 Å². The molecule has 1 atom stereocenters. The van der Waals surface area contributed by atoms with Gasteiger partial charge in [0, 0.05) is 18.8 Å². The Bertz CT molecular complexity index is 780. The first-order chi connectivity index (χ1) is 11.1. The number of halogens is 1. The molecule has 1 unspecified atom stereocenters. The quantitative estimate of drug-likeness (QED) is 0.899. The van der Waals surface area contributed by atoms with E-state index in [1.54, 1.807) is 22.9 Å². The van der Waals surface area contributed by atoms with E-state index < -0.39 is 0 Å². The summed E-state index contributed by atoms with van der Waals surface area (Å²) >= 11 is 0. The van der Waals surface area contributed by atoms with Gasteiger partial charge in [-0.1, -0.05) is 12.1 Å². The van der Waals surface area contributed by atoms with Crippen molar-refractivity contribution in [2.24, 2.45) is 0 Å². The number of imidazole rings is 1. The van der Waals surface area contributed by atoms with Crippen LogP contribution in [0.25, 0.3) is 0 Å². The topological polar surface area (TPSA) is 76.0 Å². The summed E-state index contributed by atoms with van der Waals surface area (Å²) in [5, 5.41) is 5.69. The zero-order chi connectivity index (χ0) is 16.0. The number of hydrogen-bond acceptors (Lipinski definition) is 3. The second-order valence-corrected chi connectivity index (χ2v) is 5.93. The number of nitrogens with zero attached hydrogens (tertiary/aromatic N) is 2. The number of fused-ring (bicyclic) bond motifs is 1. The van der Waals surface area contributed by atoms with Crippen molar-refractivity contribution in [2.45, 2.75) is 31.5 Å². The molecule has 23 heavy (non-hydrogen) atoms. The molecule has 1 aliphatic carbocycles. The first kappa shape index (κ1) is 13.9. The molecule has 1 aromatic heterocycles. The summed E-state index contributed by atoms with van der Waals surface area (Å²) in [6, 6.07) is 5.97. The largest absolute Gasteiger partial charge is 0.348 e. The number of hydrogen-bond donors (Lipinski definition) is 2. The van der Waals surface area contributed by atoms with E-state index in [1.165, 1.54) is 12.1 Å². The SMILES string of the molecule is O=C(NC1CC1)c1cn2c(n1)C(=O)NC(c1ccc(F)cc1)C2. The average Bonchev–Trinajstić information content (AvgIpc) is 3.23. The van der Waals surface area contributed by atoms with Crippen LogP contribution in [0.4, 0.5) is 4.39 Å². The molecule has 0 radical (unpaired) electrons. The molecule has 2 N–H and O–H groups in total. The van der Waals surface area contributed by atoms with Crippen molar-refractivity contribution in [3.8, 4) is 0 Å². The third kappa shape index (κ3) is 2.69. The van der Waals surface area contributed by atoms with Crippen LogP contribution in [0, 0.1) is 5.82 Å². The molecular formula is C16H15FN4O2. The molecule has 2 aromatic rings. The highest BCUT2D eigenvalue weighted by Gasteiger charge is 2.30. The molecule has 4 rings (SSSR count). The molecule has 1 saturated carbocycles. The lowest BCUT2D eigenvalue weighted by atomic mass is 10.1. The maximum Gasteiger partial charge on any atom is 0.287 e. The zero-order valence-corrected chi connectivity index (χ0v) is 12.3. The minimum atomic E-state index is -0.337. The van der Waals surface area contributed by atoms with Crippen LogP contribution in [-0.2, 0) is 6.54 Å². The van der Waals surface area contributed by atoms with Gasteiger partial charge in [-0.25, -0.2) is 9.37 Å². The van der Waals surface area contributed by atoms with Crippen LogP contribution >= 0.6 is 0 Å². The van der Waals surface area contributed by atoms with Crippen LogP contribution in [-0.4, -0.2) is 27.4 Å². The highest BCUT2D eigenvalue weighted by atomic mass is 19.1. The van der Waals surface area contributed by atoms with Gasteiger partial charge in [-0.15, -0.1) is 0 Å². The van der Waals surface area contributed by atoms with Crippen molar-refractivity contribution in [1.82, 2.24) is 20.2 Å². The predicted molar refractivity (Wildman–Crippen MR) is 79.3 cm³/mol. The third-order valence-electron chi connectivity index (χ3n) is 4.08. The lowest BCUT2D eigenvalue weighted by molar-refractivity contribution is 0.0894. The number of carbonyl (C=O) groups is 2. The fourth-order valence-electron chi connectivity index (χ4n) is 2.68. The lowest BCUT2D eigenvalue weighted by Gasteiger charge is -2.25. The van der Waals surface area contributed by atoms with E-state index in [0.717, 1.165) is 18.4 Å². The van der Waals surface area contributed by atoms with Crippen molar-refractivity contribution in [3.63, 3.8) is 0 Å². The van der Waals surface area contributed by atoms with Gasteiger partial charge in [0.25, 0.3) is 11.8 Å². The number of rotatable bonds is 3. The predicted octanol–water partition coefficient (Wildman–Crippen LogP) is 1.40. The van der Waals surface area contributed by atoms with Crippen LogP contribution < -0.4 is 10.6 Å². The Morgan fingerprint density at radius 1 is 1.30 bits per heavy atom. The monoisotopic (exact) mass is 314 g/mol. The maximum atomic E-state index is 13.0. The van der Waals surface area contributed by atoms with Gasteiger partial charge < -0.3 is 15.2 Å². The highest BCUT2D eigenvalue weighted by Crippen LogP contribution is 2.23. The summed E-state index contributed by atoms with van der Waals surface area (Å²) < 4.78 is 14.7. The molecule has 6 nitrogen and oxygen atoms in total. The van der Waals surface area contributed by atoms with Gasteiger partial charge in [0.1, 0.15) is 11.5 Å². The van der Waals surface area contributed by atoms with Crippen LogP contribution in [0.2, 0.25) is 0 Å². The summed E-state index contributed by atoms with van der Waals surface area (Å²) in [5.41, 5.74) is 1.06. The van der Waals surface area contributed by atoms with Crippen molar-refractivity contribution >= 4 is 11.8 Å². The van der Waals surface area contributed by atoms with E-state index in [9.17, 15) is 14.0 Å². The van der Waals surface area contributed by atoms with Crippen LogP contribution in [0.3, 0.4) is 0 Å².